The second-order valence-electron chi connectivity index (χ2n) is 4.77. The van der Waals surface area contributed by atoms with Crippen molar-refractivity contribution in [1.82, 2.24) is 0 Å². The number of phenols is 1. The van der Waals surface area contributed by atoms with Gasteiger partial charge in [0.25, 0.3) is 0 Å². The summed E-state index contributed by atoms with van der Waals surface area (Å²) in [6.45, 7) is 0. The molecule has 3 heteroatoms. The van der Waals surface area contributed by atoms with E-state index in [4.69, 9.17) is 4.74 Å². The van der Waals surface area contributed by atoms with Gasteiger partial charge in [0.15, 0.2) is 0 Å². The molecule has 21 heavy (non-hydrogen) atoms. The smallest absolute Gasteiger partial charge is 0.123 e. The maximum absolute atomic E-state index is 9.92. The highest BCUT2D eigenvalue weighted by Crippen LogP contribution is 2.34. The highest BCUT2D eigenvalue weighted by Gasteiger charge is 2.06. The molecule has 0 amide bonds. The van der Waals surface area contributed by atoms with Crippen molar-refractivity contribution in [2.24, 2.45) is 0 Å². The predicted molar refractivity (Wildman–Crippen MR) is 88.2 cm³/mol. The third kappa shape index (κ3) is 2.98. The van der Waals surface area contributed by atoms with Crippen molar-refractivity contribution >= 4 is 22.5 Å². The SMILES string of the molecule is COc1cccc(CSc2ccc(O)c3ccccc23)c1. The van der Waals surface area contributed by atoms with E-state index in [9.17, 15) is 5.11 Å². The Morgan fingerprint density at radius 1 is 0.952 bits per heavy atom. The third-order valence-electron chi connectivity index (χ3n) is 3.39. The van der Waals surface area contributed by atoms with E-state index in [1.807, 2.05) is 42.5 Å². The van der Waals surface area contributed by atoms with Crippen molar-refractivity contribution in [3.8, 4) is 11.5 Å². The average Bonchev–Trinajstić information content (AvgIpc) is 2.55. The maximum Gasteiger partial charge on any atom is 0.123 e. The van der Waals surface area contributed by atoms with Gasteiger partial charge in [-0.05, 0) is 35.2 Å². The first-order valence-corrected chi connectivity index (χ1v) is 7.73. The highest BCUT2D eigenvalue weighted by atomic mass is 32.2. The largest absolute Gasteiger partial charge is 0.507 e. The molecule has 0 atom stereocenters. The Morgan fingerprint density at radius 3 is 2.57 bits per heavy atom. The molecule has 0 aliphatic rings. The van der Waals surface area contributed by atoms with Crippen molar-refractivity contribution in [2.75, 3.05) is 7.11 Å². The lowest BCUT2D eigenvalue weighted by atomic mass is 10.1. The number of rotatable bonds is 4. The lowest BCUT2D eigenvalue weighted by Crippen LogP contribution is -1.86. The molecule has 3 aromatic carbocycles. The Morgan fingerprint density at radius 2 is 1.76 bits per heavy atom. The molecule has 0 spiro atoms. The zero-order chi connectivity index (χ0) is 14.7. The van der Waals surface area contributed by atoms with Crippen LogP contribution >= 0.6 is 11.8 Å². The van der Waals surface area contributed by atoms with Crippen LogP contribution in [0.1, 0.15) is 5.56 Å². The second kappa shape index (κ2) is 6.10. The van der Waals surface area contributed by atoms with E-state index in [0.29, 0.717) is 5.75 Å². The molecule has 0 saturated heterocycles. The molecule has 1 N–H and O–H groups in total. The van der Waals surface area contributed by atoms with Crippen LogP contribution in [0, 0.1) is 0 Å². The van der Waals surface area contributed by atoms with Gasteiger partial charge in [0, 0.05) is 16.0 Å². The molecule has 3 rings (SSSR count). The molecule has 0 unspecified atom stereocenters. The summed E-state index contributed by atoms with van der Waals surface area (Å²) < 4.78 is 5.25. The molecular formula is C18H16O2S. The molecule has 0 bridgehead atoms. The first kappa shape index (κ1) is 13.8. The molecular weight excluding hydrogens is 280 g/mol. The third-order valence-corrected chi connectivity index (χ3v) is 4.53. The van der Waals surface area contributed by atoms with Crippen LogP contribution in [0.3, 0.4) is 0 Å². The maximum atomic E-state index is 9.92. The van der Waals surface area contributed by atoms with Crippen LogP contribution in [0.15, 0.2) is 65.6 Å². The van der Waals surface area contributed by atoms with Gasteiger partial charge in [-0.3, -0.25) is 0 Å². The quantitative estimate of drug-likeness (QED) is 0.698. The number of fused-ring (bicyclic) bond motifs is 1. The first-order valence-electron chi connectivity index (χ1n) is 6.74. The van der Waals surface area contributed by atoms with Gasteiger partial charge >= 0.3 is 0 Å². The first-order chi connectivity index (χ1) is 10.3. The fourth-order valence-electron chi connectivity index (χ4n) is 2.30. The van der Waals surface area contributed by atoms with E-state index in [1.54, 1.807) is 24.9 Å². The van der Waals surface area contributed by atoms with Crippen LogP contribution in [0.2, 0.25) is 0 Å². The number of phenolic OH excluding ortho intramolecular Hbond substituents is 1. The number of ether oxygens (including phenoxy) is 1. The lowest BCUT2D eigenvalue weighted by molar-refractivity contribution is 0.414. The number of methoxy groups -OCH3 is 1. The van der Waals surface area contributed by atoms with Crippen molar-refractivity contribution in [3.05, 3.63) is 66.2 Å². The second-order valence-corrected chi connectivity index (χ2v) is 5.79. The van der Waals surface area contributed by atoms with Crippen LogP contribution in [0.5, 0.6) is 11.5 Å². The van der Waals surface area contributed by atoms with Gasteiger partial charge in [-0.25, -0.2) is 0 Å². The van der Waals surface area contributed by atoms with Gasteiger partial charge in [0.1, 0.15) is 11.5 Å². The number of aromatic hydroxyl groups is 1. The summed E-state index contributed by atoms with van der Waals surface area (Å²) in [7, 11) is 1.68. The number of benzene rings is 3. The van der Waals surface area contributed by atoms with Crippen LogP contribution < -0.4 is 4.74 Å². The summed E-state index contributed by atoms with van der Waals surface area (Å²) in [5.41, 5.74) is 1.22. The van der Waals surface area contributed by atoms with Crippen LogP contribution in [0.25, 0.3) is 10.8 Å². The number of hydrogen-bond acceptors (Lipinski definition) is 3. The summed E-state index contributed by atoms with van der Waals surface area (Å²) >= 11 is 1.76. The van der Waals surface area contributed by atoms with E-state index < -0.39 is 0 Å². The van der Waals surface area contributed by atoms with E-state index in [-0.39, 0.29) is 0 Å². The summed E-state index contributed by atoms with van der Waals surface area (Å²) in [5, 5.41) is 11.9. The molecule has 0 aliphatic carbocycles. The molecule has 0 aromatic heterocycles. The summed E-state index contributed by atoms with van der Waals surface area (Å²) in [6, 6.07) is 19.8. The molecule has 0 aliphatic heterocycles. The predicted octanol–water partition coefficient (Wildman–Crippen LogP) is 4.85. The Balaban J connectivity index is 1.87. The lowest BCUT2D eigenvalue weighted by Gasteiger charge is -2.08. The van der Waals surface area contributed by atoms with Gasteiger partial charge in [-0.1, -0.05) is 36.4 Å². The van der Waals surface area contributed by atoms with Crippen LogP contribution in [-0.4, -0.2) is 12.2 Å². The molecule has 0 heterocycles. The van der Waals surface area contributed by atoms with Crippen LogP contribution in [0.4, 0.5) is 0 Å². The average molecular weight is 296 g/mol. The Hall–Kier alpha value is -2.13. The zero-order valence-electron chi connectivity index (χ0n) is 11.7. The van der Waals surface area contributed by atoms with E-state index in [0.717, 1.165) is 22.3 Å². The van der Waals surface area contributed by atoms with E-state index in [2.05, 4.69) is 12.1 Å². The monoisotopic (exact) mass is 296 g/mol. The standard InChI is InChI=1S/C18H16O2S/c1-20-14-6-4-5-13(11-14)12-21-18-10-9-17(19)15-7-2-3-8-16(15)18/h2-11,19H,12H2,1H3. The normalized spacial score (nSPS) is 10.7. The molecule has 2 nitrogen and oxygen atoms in total. The van der Waals surface area contributed by atoms with Gasteiger partial charge in [-0.2, -0.15) is 0 Å². The zero-order valence-corrected chi connectivity index (χ0v) is 12.6. The van der Waals surface area contributed by atoms with Crippen molar-refractivity contribution in [2.45, 2.75) is 10.6 Å². The highest BCUT2D eigenvalue weighted by molar-refractivity contribution is 7.98. The fraction of sp³-hybridized carbons (Fsp3) is 0.111. The minimum Gasteiger partial charge on any atom is -0.507 e. The molecule has 0 saturated carbocycles. The Kier molecular flexibility index (Phi) is 4.02. The fourth-order valence-corrected chi connectivity index (χ4v) is 3.30. The topological polar surface area (TPSA) is 29.5 Å². The van der Waals surface area contributed by atoms with E-state index in [1.165, 1.54) is 10.5 Å². The summed E-state index contributed by atoms with van der Waals surface area (Å²) in [4.78, 5) is 1.17. The summed E-state index contributed by atoms with van der Waals surface area (Å²) in [5.74, 6) is 2.08. The van der Waals surface area contributed by atoms with E-state index >= 15 is 0 Å². The molecule has 106 valence electrons. The summed E-state index contributed by atoms with van der Waals surface area (Å²) in [6.07, 6.45) is 0. The minimum atomic E-state index is 0.330. The van der Waals surface area contributed by atoms with Crippen molar-refractivity contribution < 1.29 is 9.84 Å². The Labute approximate surface area is 128 Å². The molecule has 0 radical (unpaired) electrons. The molecule has 3 aromatic rings. The van der Waals surface area contributed by atoms with Gasteiger partial charge < -0.3 is 9.84 Å². The molecule has 0 fully saturated rings. The van der Waals surface area contributed by atoms with Gasteiger partial charge in [-0.15, -0.1) is 11.8 Å². The van der Waals surface area contributed by atoms with Crippen molar-refractivity contribution in [1.29, 1.82) is 0 Å². The van der Waals surface area contributed by atoms with Crippen molar-refractivity contribution in [3.63, 3.8) is 0 Å². The van der Waals surface area contributed by atoms with Gasteiger partial charge in [0.2, 0.25) is 0 Å². The van der Waals surface area contributed by atoms with Gasteiger partial charge in [0.05, 0.1) is 7.11 Å². The number of hydrogen-bond donors (Lipinski definition) is 1. The Bertz CT molecular complexity index is 768. The minimum absolute atomic E-state index is 0.330. The van der Waals surface area contributed by atoms with Crippen LogP contribution in [-0.2, 0) is 5.75 Å². The number of thioether (sulfide) groups is 1.